The molecule has 0 amide bonds. The van der Waals surface area contributed by atoms with Gasteiger partial charge in [0.15, 0.2) is 5.82 Å². The van der Waals surface area contributed by atoms with Crippen LogP contribution in [0.5, 0.6) is 0 Å². The number of aromatic nitrogens is 5. The van der Waals surface area contributed by atoms with E-state index in [4.69, 9.17) is 0 Å². The van der Waals surface area contributed by atoms with Crippen LogP contribution in [-0.2, 0) is 7.05 Å². The molecule has 20 heavy (non-hydrogen) atoms. The molecule has 3 rings (SSSR count). The zero-order valence-corrected chi connectivity index (χ0v) is 12.2. The molecule has 0 aromatic carbocycles. The number of aryl methyl sites for hydroxylation is 1. The molecule has 2 heterocycles. The highest BCUT2D eigenvalue weighted by Gasteiger charge is 2.19. The Kier molecular flexibility index (Phi) is 3.71. The number of hydrogen-bond acceptors (Lipinski definition) is 4. The molecule has 0 saturated heterocycles. The first-order chi connectivity index (χ1) is 9.75. The van der Waals surface area contributed by atoms with Crippen LogP contribution in [0, 0.1) is 0 Å². The number of hydrogen-bond donors (Lipinski definition) is 1. The minimum absolute atomic E-state index is 0.121. The smallest absolute Gasteiger partial charge is 0.203 e. The number of anilines is 1. The lowest BCUT2D eigenvalue weighted by Gasteiger charge is -2.25. The second-order valence-electron chi connectivity index (χ2n) is 5.61. The van der Waals surface area contributed by atoms with E-state index in [1.165, 1.54) is 32.1 Å². The molecule has 1 N–H and O–H groups in total. The molecule has 1 aliphatic carbocycles. The maximum Gasteiger partial charge on any atom is 0.203 e. The Morgan fingerprint density at radius 1 is 1.30 bits per heavy atom. The normalized spacial score (nSPS) is 18.1. The molecule has 108 valence electrons. The van der Waals surface area contributed by atoms with Gasteiger partial charge in [-0.15, -0.1) is 10.2 Å². The van der Waals surface area contributed by atoms with E-state index in [1.807, 2.05) is 24.0 Å². The summed E-state index contributed by atoms with van der Waals surface area (Å²) in [5, 5.41) is 11.7. The predicted molar refractivity (Wildman–Crippen MR) is 77.5 cm³/mol. The van der Waals surface area contributed by atoms with Crippen LogP contribution in [0.2, 0.25) is 0 Å². The molecule has 1 saturated carbocycles. The first-order valence-corrected chi connectivity index (χ1v) is 7.39. The zero-order chi connectivity index (χ0) is 13.9. The summed E-state index contributed by atoms with van der Waals surface area (Å²) in [6.07, 6.45) is 12.1. The molecular formula is C14H22N6. The van der Waals surface area contributed by atoms with E-state index in [-0.39, 0.29) is 6.04 Å². The van der Waals surface area contributed by atoms with E-state index < -0.39 is 0 Å². The Bertz CT molecular complexity index is 552. The van der Waals surface area contributed by atoms with Gasteiger partial charge in [0.25, 0.3) is 0 Å². The summed E-state index contributed by atoms with van der Waals surface area (Å²) in [7, 11) is 1.97. The molecule has 0 radical (unpaired) electrons. The minimum atomic E-state index is 0.121. The largest absolute Gasteiger partial charge is 0.353 e. The summed E-state index contributed by atoms with van der Waals surface area (Å²) < 4.78 is 4.09. The lowest BCUT2D eigenvalue weighted by Crippen LogP contribution is -2.25. The molecule has 2 aromatic heterocycles. The van der Waals surface area contributed by atoms with Crippen molar-refractivity contribution in [1.82, 2.24) is 24.3 Å². The topological polar surface area (TPSA) is 60.6 Å². The summed E-state index contributed by atoms with van der Waals surface area (Å²) in [5.74, 6) is 1.88. The van der Waals surface area contributed by atoms with Crippen LogP contribution in [0.1, 0.15) is 50.9 Å². The second kappa shape index (κ2) is 5.64. The van der Waals surface area contributed by atoms with Crippen molar-refractivity contribution in [3.8, 4) is 0 Å². The van der Waals surface area contributed by atoms with Crippen LogP contribution in [0.4, 0.5) is 5.95 Å². The van der Waals surface area contributed by atoms with Crippen molar-refractivity contribution < 1.29 is 0 Å². The number of nitrogens with zero attached hydrogens (tertiary/aromatic N) is 5. The standard InChI is InChI=1S/C14H22N6/c1-11(13-18-16-10-19(13)2)20-9-8-15-14(20)17-12-6-4-3-5-7-12/h8-12H,3-7H2,1-2H3,(H,15,17). The van der Waals surface area contributed by atoms with Gasteiger partial charge < -0.3 is 14.5 Å². The summed E-state index contributed by atoms with van der Waals surface area (Å²) in [6.45, 7) is 2.12. The van der Waals surface area contributed by atoms with Crippen LogP contribution >= 0.6 is 0 Å². The van der Waals surface area contributed by atoms with E-state index in [2.05, 4.69) is 32.0 Å². The van der Waals surface area contributed by atoms with Crippen LogP contribution in [-0.4, -0.2) is 30.4 Å². The SMILES string of the molecule is CC(c1nncn1C)n1ccnc1NC1CCCCC1. The average Bonchev–Trinajstić information content (AvgIpc) is 3.08. The third-order valence-electron chi connectivity index (χ3n) is 4.14. The first-order valence-electron chi connectivity index (χ1n) is 7.39. The molecule has 2 aromatic rings. The van der Waals surface area contributed by atoms with Gasteiger partial charge in [-0.05, 0) is 19.8 Å². The molecule has 0 aliphatic heterocycles. The van der Waals surface area contributed by atoms with Crippen molar-refractivity contribution in [2.75, 3.05) is 5.32 Å². The molecule has 1 unspecified atom stereocenters. The fourth-order valence-corrected chi connectivity index (χ4v) is 2.96. The van der Waals surface area contributed by atoms with Gasteiger partial charge in [-0.1, -0.05) is 19.3 Å². The Morgan fingerprint density at radius 3 is 2.80 bits per heavy atom. The fraction of sp³-hybridized carbons (Fsp3) is 0.643. The summed E-state index contributed by atoms with van der Waals surface area (Å²) in [5.41, 5.74) is 0. The van der Waals surface area contributed by atoms with Crippen LogP contribution < -0.4 is 5.32 Å². The van der Waals surface area contributed by atoms with Gasteiger partial charge in [0.05, 0.1) is 6.04 Å². The highest BCUT2D eigenvalue weighted by atomic mass is 15.3. The zero-order valence-electron chi connectivity index (χ0n) is 12.2. The highest BCUT2D eigenvalue weighted by Crippen LogP contribution is 2.24. The van der Waals surface area contributed by atoms with E-state index in [0.29, 0.717) is 6.04 Å². The first kappa shape index (κ1) is 13.1. The third-order valence-corrected chi connectivity index (χ3v) is 4.14. The third kappa shape index (κ3) is 2.55. The maximum atomic E-state index is 4.47. The predicted octanol–water partition coefficient (Wildman–Crippen LogP) is 2.37. The van der Waals surface area contributed by atoms with Gasteiger partial charge in [0.1, 0.15) is 6.33 Å². The van der Waals surface area contributed by atoms with Crippen LogP contribution in [0.15, 0.2) is 18.7 Å². The summed E-state index contributed by atoms with van der Waals surface area (Å²) >= 11 is 0. The van der Waals surface area contributed by atoms with E-state index >= 15 is 0 Å². The van der Waals surface area contributed by atoms with Gasteiger partial charge in [-0.25, -0.2) is 4.98 Å². The van der Waals surface area contributed by atoms with Crippen molar-refractivity contribution in [3.05, 3.63) is 24.5 Å². The Hall–Kier alpha value is -1.85. The van der Waals surface area contributed by atoms with Crippen molar-refractivity contribution in [2.24, 2.45) is 7.05 Å². The van der Waals surface area contributed by atoms with Gasteiger partial charge in [0.2, 0.25) is 5.95 Å². The van der Waals surface area contributed by atoms with Crippen molar-refractivity contribution in [2.45, 2.75) is 51.1 Å². The number of imidazole rings is 1. The number of nitrogens with one attached hydrogen (secondary N) is 1. The molecule has 0 spiro atoms. The molecule has 1 atom stereocenters. The Balaban J connectivity index is 1.77. The fourth-order valence-electron chi connectivity index (χ4n) is 2.96. The quantitative estimate of drug-likeness (QED) is 0.929. The monoisotopic (exact) mass is 274 g/mol. The maximum absolute atomic E-state index is 4.47. The van der Waals surface area contributed by atoms with Crippen molar-refractivity contribution in [1.29, 1.82) is 0 Å². The Morgan fingerprint density at radius 2 is 2.10 bits per heavy atom. The average molecular weight is 274 g/mol. The lowest BCUT2D eigenvalue weighted by atomic mass is 9.96. The van der Waals surface area contributed by atoms with Crippen LogP contribution in [0.3, 0.4) is 0 Å². The number of rotatable bonds is 4. The molecule has 6 heteroatoms. The lowest BCUT2D eigenvalue weighted by molar-refractivity contribution is 0.457. The summed E-state index contributed by atoms with van der Waals surface area (Å²) in [4.78, 5) is 4.47. The minimum Gasteiger partial charge on any atom is -0.353 e. The van der Waals surface area contributed by atoms with Gasteiger partial charge in [0, 0.05) is 25.5 Å². The highest BCUT2D eigenvalue weighted by molar-refractivity contribution is 5.29. The van der Waals surface area contributed by atoms with Gasteiger partial charge in [-0.3, -0.25) is 0 Å². The second-order valence-corrected chi connectivity index (χ2v) is 5.61. The van der Waals surface area contributed by atoms with E-state index in [9.17, 15) is 0 Å². The molecule has 0 bridgehead atoms. The molecular weight excluding hydrogens is 252 g/mol. The van der Waals surface area contributed by atoms with Crippen molar-refractivity contribution in [3.63, 3.8) is 0 Å². The van der Waals surface area contributed by atoms with Crippen LogP contribution in [0.25, 0.3) is 0 Å². The van der Waals surface area contributed by atoms with E-state index in [0.717, 1.165) is 11.8 Å². The van der Waals surface area contributed by atoms with Gasteiger partial charge in [-0.2, -0.15) is 0 Å². The van der Waals surface area contributed by atoms with E-state index in [1.54, 1.807) is 6.33 Å². The van der Waals surface area contributed by atoms with Gasteiger partial charge >= 0.3 is 0 Å². The Labute approximate surface area is 119 Å². The summed E-state index contributed by atoms with van der Waals surface area (Å²) in [6, 6.07) is 0.674. The molecule has 1 fully saturated rings. The molecule has 6 nitrogen and oxygen atoms in total. The molecule has 1 aliphatic rings. The van der Waals surface area contributed by atoms with Crippen molar-refractivity contribution >= 4 is 5.95 Å².